The average Bonchev–Trinajstić information content (AvgIpc) is 3.34. The third-order valence-electron chi connectivity index (χ3n) is 7.12. The van der Waals surface area contributed by atoms with Crippen LogP contribution in [0, 0.1) is 0 Å². The number of ether oxygens (including phenoxy) is 2. The highest BCUT2D eigenvalue weighted by Gasteiger charge is 2.34. The summed E-state index contributed by atoms with van der Waals surface area (Å²) in [4.78, 5) is 31.8. The molecule has 1 aliphatic heterocycles. The maximum Gasteiger partial charge on any atom is 0.247 e. The number of methoxy groups -OCH3 is 1. The van der Waals surface area contributed by atoms with E-state index in [1.54, 1.807) is 16.7 Å². The van der Waals surface area contributed by atoms with Gasteiger partial charge in [0, 0.05) is 31.7 Å². The normalized spacial score (nSPS) is 15.3. The lowest BCUT2D eigenvalue weighted by molar-refractivity contribution is -0.142. The monoisotopic (exact) mass is 522 g/mol. The van der Waals surface area contributed by atoms with Gasteiger partial charge in [-0.25, -0.2) is 4.68 Å². The minimum absolute atomic E-state index is 0.0271. The second-order valence-corrected chi connectivity index (χ2v) is 10.2. The van der Waals surface area contributed by atoms with E-state index in [0.29, 0.717) is 43.1 Å². The van der Waals surface area contributed by atoms with Crippen molar-refractivity contribution in [2.75, 3.05) is 46.5 Å². The zero-order valence-corrected chi connectivity index (χ0v) is 22.7. The van der Waals surface area contributed by atoms with Crippen LogP contribution < -0.4 is 10.1 Å². The number of aromatic nitrogens is 3. The Hall–Kier alpha value is -3.50. The second-order valence-electron chi connectivity index (χ2n) is 10.2. The molecule has 1 aliphatic rings. The smallest absolute Gasteiger partial charge is 0.247 e. The number of amides is 2. The molecule has 2 amide bonds. The fraction of sp³-hybridized carbons (Fsp3) is 0.500. The van der Waals surface area contributed by atoms with E-state index in [9.17, 15) is 9.59 Å². The van der Waals surface area contributed by atoms with Crippen molar-refractivity contribution in [2.24, 2.45) is 0 Å². The Bertz CT molecular complexity index is 1220. The van der Waals surface area contributed by atoms with E-state index in [0.717, 1.165) is 25.0 Å². The summed E-state index contributed by atoms with van der Waals surface area (Å²) in [6.45, 7) is 9.87. The molecular weight excluding hydrogens is 484 g/mol. The van der Waals surface area contributed by atoms with Gasteiger partial charge >= 0.3 is 0 Å². The molecule has 0 spiro atoms. The minimum Gasteiger partial charge on any atom is -0.497 e. The predicted octanol–water partition coefficient (Wildman–Crippen LogP) is 2.65. The Morgan fingerprint density at radius 3 is 2.53 bits per heavy atom. The van der Waals surface area contributed by atoms with Gasteiger partial charge in [-0.05, 0) is 50.1 Å². The summed E-state index contributed by atoms with van der Waals surface area (Å²) in [6.07, 6.45) is 0.751. The Kier molecular flexibility index (Phi) is 8.96. The Balaban J connectivity index is 1.68. The quantitative estimate of drug-likeness (QED) is 0.413. The largest absolute Gasteiger partial charge is 0.497 e. The Labute approximate surface area is 223 Å². The lowest BCUT2D eigenvalue weighted by Gasteiger charge is -2.36. The average molecular weight is 523 g/mol. The van der Waals surface area contributed by atoms with E-state index in [1.807, 2.05) is 69.3 Å². The molecule has 1 aromatic heterocycles. The maximum atomic E-state index is 14.0. The first-order chi connectivity index (χ1) is 18.3. The van der Waals surface area contributed by atoms with Gasteiger partial charge in [-0.15, -0.1) is 5.10 Å². The van der Waals surface area contributed by atoms with Crippen molar-refractivity contribution in [3.63, 3.8) is 0 Å². The fourth-order valence-corrected chi connectivity index (χ4v) is 4.47. The molecule has 1 fully saturated rings. The van der Waals surface area contributed by atoms with Gasteiger partial charge in [0.05, 0.1) is 25.8 Å². The summed E-state index contributed by atoms with van der Waals surface area (Å²) in [6, 6.07) is 14.0. The molecule has 0 aliphatic carbocycles. The van der Waals surface area contributed by atoms with Crippen LogP contribution in [0.25, 0.3) is 11.0 Å². The number of morpholine rings is 1. The fourth-order valence-electron chi connectivity index (χ4n) is 4.47. The number of hydrogen-bond acceptors (Lipinski definition) is 7. The van der Waals surface area contributed by atoms with E-state index in [1.165, 1.54) is 0 Å². The number of para-hydroxylation sites is 1. The van der Waals surface area contributed by atoms with Crippen LogP contribution in [0.2, 0.25) is 0 Å². The molecule has 3 aromatic rings. The van der Waals surface area contributed by atoms with Crippen molar-refractivity contribution in [1.29, 1.82) is 0 Å². The first kappa shape index (κ1) is 27.5. The van der Waals surface area contributed by atoms with Gasteiger partial charge in [-0.1, -0.05) is 36.4 Å². The van der Waals surface area contributed by atoms with E-state index >= 15 is 0 Å². The summed E-state index contributed by atoms with van der Waals surface area (Å²) in [5.74, 6) is 0.252. The lowest BCUT2D eigenvalue weighted by atomic mass is 9.98. The number of carbonyl (C=O) groups excluding carboxylic acids is 2. The van der Waals surface area contributed by atoms with Crippen LogP contribution in [0.4, 0.5) is 0 Å². The van der Waals surface area contributed by atoms with Crippen molar-refractivity contribution in [3.05, 3.63) is 54.1 Å². The zero-order chi connectivity index (χ0) is 27.1. The SMILES string of the molecule is CCC(C)(C)NC(=O)[C@H](c1ccc(OC)cc1)N(CCN1CCOCC1)C(=O)Cn1nnc2ccccc21. The van der Waals surface area contributed by atoms with Crippen molar-refractivity contribution in [3.8, 4) is 5.75 Å². The maximum absolute atomic E-state index is 14.0. The summed E-state index contributed by atoms with van der Waals surface area (Å²) >= 11 is 0. The van der Waals surface area contributed by atoms with E-state index < -0.39 is 11.6 Å². The van der Waals surface area contributed by atoms with Crippen LogP contribution in [0.3, 0.4) is 0 Å². The molecule has 2 aromatic carbocycles. The first-order valence-corrected chi connectivity index (χ1v) is 13.1. The zero-order valence-electron chi connectivity index (χ0n) is 22.7. The van der Waals surface area contributed by atoms with Gasteiger partial charge in [-0.2, -0.15) is 0 Å². The molecule has 204 valence electrons. The summed E-state index contributed by atoms with van der Waals surface area (Å²) in [7, 11) is 1.60. The Morgan fingerprint density at radius 2 is 1.84 bits per heavy atom. The molecule has 0 unspecified atom stereocenters. The molecule has 1 atom stereocenters. The van der Waals surface area contributed by atoms with Crippen molar-refractivity contribution >= 4 is 22.8 Å². The lowest BCUT2D eigenvalue weighted by Crippen LogP contribution is -2.52. The number of hydrogen-bond donors (Lipinski definition) is 1. The van der Waals surface area contributed by atoms with Gasteiger partial charge in [0.1, 0.15) is 23.9 Å². The molecule has 1 saturated heterocycles. The van der Waals surface area contributed by atoms with Crippen LogP contribution in [-0.2, 0) is 20.9 Å². The molecule has 0 saturated carbocycles. The molecule has 10 nitrogen and oxygen atoms in total. The standard InChI is InChI=1S/C28H38N6O4/c1-5-28(2,3)29-27(36)26(21-10-12-22(37-4)13-11-21)33(15-14-32-16-18-38-19-17-32)25(35)20-34-24-9-7-6-8-23(24)30-31-34/h6-13,26H,5,14-20H2,1-4H3,(H,29,36)/t26-/m0/s1. The molecule has 0 radical (unpaired) electrons. The van der Waals surface area contributed by atoms with Crippen LogP contribution in [0.1, 0.15) is 38.8 Å². The summed E-state index contributed by atoms with van der Waals surface area (Å²) in [5.41, 5.74) is 1.78. The molecule has 10 heteroatoms. The molecule has 4 rings (SSSR count). The van der Waals surface area contributed by atoms with Crippen molar-refractivity contribution in [2.45, 2.75) is 45.3 Å². The van der Waals surface area contributed by atoms with Gasteiger partial charge in [-0.3, -0.25) is 14.5 Å². The Morgan fingerprint density at radius 1 is 1.13 bits per heavy atom. The van der Waals surface area contributed by atoms with Gasteiger partial charge in [0.15, 0.2) is 0 Å². The number of benzene rings is 2. The number of carbonyl (C=O) groups is 2. The van der Waals surface area contributed by atoms with Crippen LogP contribution in [0.15, 0.2) is 48.5 Å². The molecule has 2 heterocycles. The van der Waals surface area contributed by atoms with Gasteiger partial charge in [0.25, 0.3) is 0 Å². The third kappa shape index (κ3) is 6.68. The third-order valence-corrected chi connectivity index (χ3v) is 7.12. The summed E-state index contributed by atoms with van der Waals surface area (Å²) < 4.78 is 12.4. The van der Waals surface area contributed by atoms with Crippen molar-refractivity contribution in [1.82, 2.24) is 30.1 Å². The number of nitrogens with one attached hydrogen (secondary N) is 1. The van der Waals surface area contributed by atoms with Crippen molar-refractivity contribution < 1.29 is 19.1 Å². The van der Waals surface area contributed by atoms with E-state index in [2.05, 4.69) is 20.5 Å². The van der Waals surface area contributed by atoms with Crippen LogP contribution in [-0.4, -0.2) is 88.6 Å². The predicted molar refractivity (Wildman–Crippen MR) is 145 cm³/mol. The first-order valence-electron chi connectivity index (χ1n) is 13.1. The number of fused-ring (bicyclic) bond motifs is 1. The highest BCUT2D eigenvalue weighted by atomic mass is 16.5. The molecule has 1 N–H and O–H groups in total. The highest BCUT2D eigenvalue weighted by molar-refractivity contribution is 5.89. The highest BCUT2D eigenvalue weighted by Crippen LogP contribution is 2.26. The topological polar surface area (TPSA) is 102 Å². The van der Waals surface area contributed by atoms with Crippen LogP contribution in [0.5, 0.6) is 5.75 Å². The summed E-state index contributed by atoms with van der Waals surface area (Å²) in [5, 5.41) is 11.6. The van der Waals surface area contributed by atoms with E-state index in [-0.39, 0.29) is 18.4 Å². The number of nitrogens with zero attached hydrogens (tertiary/aromatic N) is 5. The minimum atomic E-state index is -0.824. The molecule has 38 heavy (non-hydrogen) atoms. The van der Waals surface area contributed by atoms with Gasteiger partial charge < -0.3 is 19.7 Å². The van der Waals surface area contributed by atoms with Gasteiger partial charge in [0.2, 0.25) is 11.8 Å². The molecular formula is C28H38N6O4. The second kappa shape index (κ2) is 12.4. The van der Waals surface area contributed by atoms with E-state index in [4.69, 9.17) is 9.47 Å². The number of rotatable bonds is 11. The van der Waals surface area contributed by atoms with Crippen LogP contribution >= 0.6 is 0 Å². The molecule has 0 bridgehead atoms.